The summed E-state index contributed by atoms with van der Waals surface area (Å²) in [4.78, 5) is 31.5. The summed E-state index contributed by atoms with van der Waals surface area (Å²) in [6.45, 7) is 3.88. The second kappa shape index (κ2) is 6.82. The first-order chi connectivity index (χ1) is 10.9. The number of para-hydroxylation sites is 1. The van der Waals surface area contributed by atoms with Gasteiger partial charge in [0.05, 0.1) is 11.5 Å². The highest BCUT2D eigenvalue weighted by atomic mass is 16.6. The minimum atomic E-state index is -0.572. The summed E-state index contributed by atoms with van der Waals surface area (Å²) in [5.41, 5.74) is 2.55. The molecule has 2 rings (SSSR count). The summed E-state index contributed by atoms with van der Waals surface area (Å²) in [5.74, 6) is 0.0270. The molecule has 0 unspecified atom stereocenters. The Hall–Kier alpha value is -3.03. The smallest absolute Gasteiger partial charge is 0.305 e. The van der Waals surface area contributed by atoms with Crippen molar-refractivity contribution in [2.24, 2.45) is 0 Å². The number of nitro groups is 1. The fourth-order valence-electron chi connectivity index (χ4n) is 2.08. The van der Waals surface area contributed by atoms with E-state index in [0.29, 0.717) is 0 Å². The van der Waals surface area contributed by atoms with Gasteiger partial charge >= 0.3 is 5.69 Å². The van der Waals surface area contributed by atoms with Crippen molar-refractivity contribution in [3.8, 4) is 0 Å². The lowest BCUT2D eigenvalue weighted by molar-refractivity contribution is -0.385. The zero-order valence-electron chi connectivity index (χ0n) is 13.1. The molecule has 1 aromatic carbocycles. The summed E-state index contributed by atoms with van der Waals surface area (Å²) in [7, 11) is 1.64. The Kier molecular flexibility index (Phi) is 4.85. The molecule has 2 aromatic rings. The van der Waals surface area contributed by atoms with E-state index in [-0.39, 0.29) is 24.1 Å². The number of benzene rings is 1. The average Bonchev–Trinajstić information content (AvgIpc) is 2.51. The quantitative estimate of drug-likeness (QED) is 0.669. The van der Waals surface area contributed by atoms with Crippen LogP contribution in [0.2, 0.25) is 0 Å². The lowest BCUT2D eigenvalue weighted by Gasteiger charge is -2.17. The third kappa shape index (κ3) is 4.00. The van der Waals surface area contributed by atoms with Crippen molar-refractivity contribution in [3.05, 3.63) is 51.8 Å². The molecule has 0 saturated heterocycles. The number of amides is 1. The van der Waals surface area contributed by atoms with Crippen LogP contribution in [-0.2, 0) is 4.79 Å². The van der Waals surface area contributed by atoms with Gasteiger partial charge in [-0.2, -0.15) is 0 Å². The molecule has 8 nitrogen and oxygen atoms in total. The Balaban J connectivity index is 2.03. The molecule has 0 bridgehead atoms. The van der Waals surface area contributed by atoms with Gasteiger partial charge in [0.15, 0.2) is 0 Å². The van der Waals surface area contributed by atoms with E-state index >= 15 is 0 Å². The lowest BCUT2D eigenvalue weighted by atomic mass is 10.1. The predicted octanol–water partition coefficient (Wildman–Crippen LogP) is 2.08. The fraction of sp³-hybridized carbons (Fsp3) is 0.267. The van der Waals surface area contributed by atoms with E-state index in [4.69, 9.17) is 0 Å². The zero-order chi connectivity index (χ0) is 17.0. The summed E-state index contributed by atoms with van der Waals surface area (Å²) in [6, 6.07) is 5.77. The van der Waals surface area contributed by atoms with Crippen molar-refractivity contribution in [3.63, 3.8) is 0 Å². The van der Waals surface area contributed by atoms with Crippen LogP contribution in [0.4, 0.5) is 17.3 Å². The van der Waals surface area contributed by atoms with Gasteiger partial charge in [-0.1, -0.05) is 18.2 Å². The van der Waals surface area contributed by atoms with Gasteiger partial charge in [0.25, 0.3) is 0 Å². The van der Waals surface area contributed by atoms with E-state index in [1.54, 1.807) is 7.05 Å². The van der Waals surface area contributed by atoms with Crippen LogP contribution in [0.15, 0.2) is 30.6 Å². The Morgan fingerprint density at radius 1 is 1.26 bits per heavy atom. The van der Waals surface area contributed by atoms with Crippen LogP contribution < -0.4 is 10.2 Å². The Labute approximate surface area is 133 Å². The van der Waals surface area contributed by atoms with Gasteiger partial charge in [0.2, 0.25) is 11.9 Å². The lowest BCUT2D eigenvalue weighted by Crippen LogP contribution is -2.31. The second-order valence-electron chi connectivity index (χ2n) is 5.17. The molecule has 1 heterocycles. The number of likely N-dealkylation sites (N-methyl/N-ethyl adjacent to an activating group) is 1. The topological polar surface area (TPSA) is 101 Å². The monoisotopic (exact) mass is 315 g/mol. The highest BCUT2D eigenvalue weighted by molar-refractivity contribution is 5.95. The number of carbonyl (C=O) groups excluding carboxylic acids is 1. The number of carbonyl (C=O) groups is 1. The fourth-order valence-corrected chi connectivity index (χ4v) is 2.08. The third-order valence-corrected chi connectivity index (χ3v) is 3.30. The maximum Gasteiger partial charge on any atom is 0.305 e. The van der Waals surface area contributed by atoms with Crippen LogP contribution in [0.25, 0.3) is 0 Å². The van der Waals surface area contributed by atoms with Gasteiger partial charge < -0.3 is 10.2 Å². The first-order valence-electron chi connectivity index (χ1n) is 6.92. The molecule has 0 atom stereocenters. The van der Waals surface area contributed by atoms with E-state index in [2.05, 4.69) is 15.3 Å². The zero-order valence-corrected chi connectivity index (χ0v) is 13.1. The molecule has 120 valence electrons. The second-order valence-corrected chi connectivity index (χ2v) is 5.17. The Bertz CT molecular complexity index is 710. The van der Waals surface area contributed by atoms with E-state index in [0.717, 1.165) is 29.2 Å². The third-order valence-electron chi connectivity index (χ3n) is 3.30. The molecule has 0 aliphatic carbocycles. The largest absolute Gasteiger partial charge is 0.335 e. The summed E-state index contributed by atoms with van der Waals surface area (Å²) in [5, 5.41) is 13.4. The molecule has 0 fully saturated rings. The first-order valence-corrected chi connectivity index (χ1v) is 6.92. The van der Waals surface area contributed by atoms with Gasteiger partial charge in [-0.05, 0) is 25.0 Å². The molecule has 1 amide bonds. The maximum absolute atomic E-state index is 12.2. The summed E-state index contributed by atoms with van der Waals surface area (Å²) >= 11 is 0. The predicted molar refractivity (Wildman–Crippen MR) is 86.5 cm³/mol. The van der Waals surface area contributed by atoms with Crippen molar-refractivity contribution >= 4 is 23.2 Å². The van der Waals surface area contributed by atoms with E-state index < -0.39 is 4.92 Å². The molecule has 0 saturated carbocycles. The van der Waals surface area contributed by atoms with Crippen LogP contribution >= 0.6 is 0 Å². The Morgan fingerprint density at radius 2 is 1.83 bits per heavy atom. The number of anilines is 2. The molecule has 0 radical (unpaired) electrons. The van der Waals surface area contributed by atoms with Crippen molar-refractivity contribution in [2.45, 2.75) is 13.8 Å². The summed E-state index contributed by atoms with van der Waals surface area (Å²) in [6.07, 6.45) is 2.23. The molecule has 1 aromatic heterocycles. The number of aryl methyl sites for hydroxylation is 2. The number of aromatic nitrogens is 2. The van der Waals surface area contributed by atoms with E-state index in [1.165, 1.54) is 4.90 Å². The molecule has 0 aliphatic heterocycles. The number of rotatable bonds is 5. The Morgan fingerprint density at radius 3 is 2.35 bits per heavy atom. The van der Waals surface area contributed by atoms with Crippen LogP contribution in [0.5, 0.6) is 0 Å². The van der Waals surface area contributed by atoms with E-state index in [9.17, 15) is 14.9 Å². The van der Waals surface area contributed by atoms with Gasteiger partial charge in [0, 0.05) is 12.7 Å². The highest BCUT2D eigenvalue weighted by Gasteiger charge is 2.14. The average molecular weight is 315 g/mol. The number of nitrogens with one attached hydrogen (secondary N) is 1. The maximum atomic E-state index is 12.2. The molecule has 0 spiro atoms. The van der Waals surface area contributed by atoms with Gasteiger partial charge in [-0.25, -0.2) is 9.97 Å². The van der Waals surface area contributed by atoms with Crippen molar-refractivity contribution in [2.75, 3.05) is 23.8 Å². The molecule has 23 heavy (non-hydrogen) atoms. The standard InChI is InChI=1S/C15H17N5O3/c1-10-5-4-6-11(2)14(10)18-13(21)9-19(3)15-16-7-12(8-17-15)20(22)23/h4-8H,9H2,1-3H3,(H,18,21). The SMILES string of the molecule is Cc1cccc(C)c1NC(=O)CN(C)c1ncc([N+](=O)[O-])cn1. The van der Waals surface area contributed by atoms with Gasteiger partial charge in [0.1, 0.15) is 12.4 Å². The molecular formula is C15H17N5O3. The molecule has 0 aliphatic rings. The molecule has 1 N–H and O–H groups in total. The molecule has 8 heteroatoms. The highest BCUT2D eigenvalue weighted by Crippen LogP contribution is 2.19. The van der Waals surface area contributed by atoms with E-state index in [1.807, 2.05) is 32.0 Å². The number of hydrogen-bond acceptors (Lipinski definition) is 6. The molecular weight excluding hydrogens is 298 g/mol. The summed E-state index contributed by atoms with van der Waals surface area (Å²) < 4.78 is 0. The van der Waals surface area contributed by atoms with Crippen molar-refractivity contribution in [1.82, 2.24) is 9.97 Å². The van der Waals surface area contributed by atoms with Gasteiger partial charge in [-0.3, -0.25) is 14.9 Å². The van der Waals surface area contributed by atoms with Gasteiger partial charge in [-0.15, -0.1) is 0 Å². The van der Waals surface area contributed by atoms with Crippen molar-refractivity contribution in [1.29, 1.82) is 0 Å². The van der Waals surface area contributed by atoms with Crippen molar-refractivity contribution < 1.29 is 9.72 Å². The normalized spacial score (nSPS) is 10.2. The minimum Gasteiger partial charge on any atom is -0.335 e. The minimum absolute atomic E-state index is 0.0333. The van der Waals surface area contributed by atoms with Crippen LogP contribution in [0, 0.1) is 24.0 Å². The number of nitrogens with zero attached hydrogens (tertiary/aromatic N) is 4. The van der Waals surface area contributed by atoms with Crippen LogP contribution in [0.3, 0.4) is 0 Å². The van der Waals surface area contributed by atoms with Crippen LogP contribution in [0.1, 0.15) is 11.1 Å². The first kappa shape index (κ1) is 16.3. The van der Waals surface area contributed by atoms with Crippen LogP contribution in [-0.4, -0.2) is 34.4 Å². The number of hydrogen-bond donors (Lipinski definition) is 1.